The van der Waals surface area contributed by atoms with Crippen LogP contribution in [0.5, 0.6) is 5.75 Å². The molecule has 0 aliphatic carbocycles. The number of carbonyl (C=O) groups is 1. The van der Waals surface area contributed by atoms with Gasteiger partial charge in [-0.1, -0.05) is 0 Å². The van der Waals surface area contributed by atoms with Crippen molar-refractivity contribution in [2.45, 2.75) is 12.8 Å². The topological polar surface area (TPSA) is 41.6 Å². The summed E-state index contributed by atoms with van der Waals surface area (Å²) in [7, 11) is 1.39. The molecule has 0 bridgehead atoms. The van der Waals surface area contributed by atoms with Crippen LogP contribution in [-0.2, 0) is 0 Å². The second-order valence-electron chi connectivity index (χ2n) is 5.54. The number of nitrogens with one attached hydrogen (secondary N) is 1. The SMILES string of the molecule is COc1ccc(C(=O)Nc2ccc(N3CCCC3)cc2)cc1F. The first-order valence-electron chi connectivity index (χ1n) is 7.67. The summed E-state index contributed by atoms with van der Waals surface area (Å²) in [6.45, 7) is 2.16. The average molecular weight is 314 g/mol. The molecule has 1 N–H and O–H groups in total. The molecule has 2 aromatic rings. The van der Waals surface area contributed by atoms with E-state index in [-0.39, 0.29) is 17.2 Å². The van der Waals surface area contributed by atoms with Gasteiger partial charge < -0.3 is 15.0 Å². The van der Waals surface area contributed by atoms with Gasteiger partial charge in [0.1, 0.15) is 0 Å². The van der Waals surface area contributed by atoms with Crippen molar-refractivity contribution in [2.24, 2.45) is 0 Å². The summed E-state index contributed by atoms with van der Waals surface area (Å²) in [4.78, 5) is 14.5. The highest BCUT2D eigenvalue weighted by Crippen LogP contribution is 2.23. The Hall–Kier alpha value is -2.56. The maximum atomic E-state index is 13.7. The minimum atomic E-state index is -0.551. The molecule has 1 aliphatic rings. The van der Waals surface area contributed by atoms with Crippen molar-refractivity contribution in [2.75, 3.05) is 30.4 Å². The number of hydrogen-bond acceptors (Lipinski definition) is 3. The smallest absolute Gasteiger partial charge is 0.255 e. The standard InChI is InChI=1S/C18H19FN2O2/c1-23-17-9-4-13(12-16(17)19)18(22)20-14-5-7-15(8-6-14)21-10-2-3-11-21/h4-9,12H,2-3,10-11H2,1H3,(H,20,22). The van der Waals surface area contributed by atoms with E-state index in [0.29, 0.717) is 5.69 Å². The van der Waals surface area contributed by atoms with Gasteiger partial charge in [0.25, 0.3) is 5.91 Å². The lowest BCUT2D eigenvalue weighted by Gasteiger charge is -2.17. The number of ether oxygens (including phenoxy) is 1. The third-order valence-corrected chi connectivity index (χ3v) is 4.01. The zero-order chi connectivity index (χ0) is 16.2. The van der Waals surface area contributed by atoms with Crippen molar-refractivity contribution in [1.29, 1.82) is 0 Å². The molecule has 5 heteroatoms. The number of methoxy groups -OCH3 is 1. The lowest BCUT2D eigenvalue weighted by molar-refractivity contribution is 0.102. The van der Waals surface area contributed by atoms with Crippen molar-refractivity contribution in [1.82, 2.24) is 0 Å². The zero-order valence-electron chi connectivity index (χ0n) is 13.0. The Labute approximate surface area is 134 Å². The van der Waals surface area contributed by atoms with Crippen LogP contribution in [-0.4, -0.2) is 26.1 Å². The van der Waals surface area contributed by atoms with E-state index in [9.17, 15) is 9.18 Å². The number of amides is 1. The van der Waals surface area contributed by atoms with Crippen LogP contribution in [0.15, 0.2) is 42.5 Å². The lowest BCUT2D eigenvalue weighted by Crippen LogP contribution is -2.17. The molecule has 0 aromatic heterocycles. The number of hydrogen-bond donors (Lipinski definition) is 1. The van der Waals surface area contributed by atoms with Crippen LogP contribution in [0.3, 0.4) is 0 Å². The van der Waals surface area contributed by atoms with Crippen LogP contribution in [0.2, 0.25) is 0 Å². The number of benzene rings is 2. The van der Waals surface area contributed by atoms with Crippen molar-refractivity contribution in [3.63, 3.8) is 0 Å². The Morgan fingerprint density at radius 2 is 1.83 bits per heavy atom. The first-order valence-corrected chi connectivity index (χ1v) is 7.67. The maximum absolute atomic E-state index is 13.7. The average Bonchev–Trinajstić information content (AvgIpc) is 3.10. The predicted molar refractivity (Wildman–Crippen MR) is 88.8 cm³/mol. The first kappa shape index (κ1) is 15.3. The summed E-state index contributed by atoms with van der Waals surface area (Å²) in [6, 6.07) is 11.9. The third kappa shape index (κ3) is 3.44. The molecule has 1 fully saturated rings. The monoisotopic (exact) mass is 314 g/mol. The van der Waals surface area contributed by atoms with Crippen LogP contribution in [0.25, 0.3) is 0 Å². The van der Waals surface area contributed by atoms with E-state index in [1.807, 2.05) is 24.3 Å². The molecule has 3 rings (SSSR count). The zero-order valence-corrected chi connectivity index (χ0v) is 13.0. The molecular weight excluding hydrogens is 295 g/mol. The first-order chi connectivity index (χ1) is 11.2. The molecular formula is C18H19FN2O2. The van der Waals surface area contributed by atoms with Gasteiger partial charge in [-0.2, -0.15) is 0 Å². The summed E-state index contributed by atoms with van der Waals surface area (Å²) in [6.07, 6.45) is 2.45. The number of nitrogens with zero attached hydrogens (tertiary/aromatic N) is 1. The van der Waals surface area contributed by atoms with Crippen molar-refractivity contribution in [3.8, 4) is 5.75 Å². The molecule has 1 aliphatic heterocycles. The summed E-state index contributed by atoms with van der Waals surface area (Å²) in [5.74, 6) is -0.776. The normalized spacial score (nSPS) is 13.9. The largest absolute Gasteiger partial charge is 0.494 e. The van der Waals surface area contributed by atoms with E-state index in [4.69, 9.17) is 4.74 Å². The number of rotatable bonds is 4. The summed E-state index contributed by atoms with van der Waals surface area (Å²) >= 11 is 0. The fraction of sp³-hybridized carbons (Fsp3) is 0.278. The molecule has 23 heavy (non-hydrogen) atoms. The van der Waals surface area contributed by atoms with E-state index in [2.05, 4.69) is 10.2 Å². The summed E-state index contributed by atoms with van der Waals surface area (Å²) < 4.78 is 18.5. The Balaban J connectivity index is 1.68. The van der Waals surface area contributed by atoms with Crippen LogP contribution >= 0.6 is 0 Å². The summed E-state index contributed by atoms with van der Waals surface area (Å²) in [5.41, 5.74) is 2.11. The summed E-state index contributed by atoms with van der Waals surface area (Å²) in [5, 5.41) is 2.78. The minimum Gasteiger partial charge on any atom is -0.494 e. The highest BCUT2D eigenvalue weighted by Gasteiger charge is 2.13. The van der Waals surface area contributed by atoms with Crippen LogP contribution in [0.4, 0.5) is 15.8 Å². The fourth-order valence-corrected chi connectivity index (χ4v) is 2.74. The molecule has 2 aromatic carbocycles. The van der Waals surface area contributed by atoms with Gasteiger partial charge in [-0.25, -0.2) is 4.39 Å². The van der Waals surface area contributed by atoms with Crippen LogP contribution < -0.4 is 15.0 Å². The quantitative estimate of drug-likeness (QED) is 0.936. The predicted octanol–water partition coefficient (Wildman–Crippen LogP) is 3.69. The molecule has 0 spiro atoms. The molecule has 0 unspecified atom stereocenters. The molecule has 120 valence electrons. The highest BCUT2D eigenvalue weighted by atomic mass is 19.1. The Kier molecular flexibility index (Phi) is 4.46. The van der Waals surface area contributed by atoms with Crippen molar-refractivity contribution in [3.05, 3.63) is 53.8 Å². The highest BCUT2D eigenvalue weighted by molar-refractivity contribution is 6.04. The second kappa shape index (κ2) is 6.69. The number of carbonyl (C=O) groups excluding carboxylic acids is 1. The van der Waals surface area contributed by atoms with Crippen LogP contribution in [0, 0.1) is 5.82 Å². The van der Waals surface area contributed by atoms with E-state index in [1.165, 1.54) is 38.2 Å². The van der Waals surface area contributed by atoms with Crippen LogP contribution in [0.1, 0.15) is 23.2 Å². The second-order valence-corrected chi connectivity index (χ2v) is 5.54. The third-order valence-electron chi connectivity index (χ3n) is 4.01. The molecule has 1 amide bonds. The van der Waals surface area contributed by atoms with E-state index < -0.39 is 5.82 Å². The van der Waals surface area contributed by atoms with Crippen molar-refractivity contribution < 1.29 is 13.9 Å². The van der Waals surface area contributed by atoms with Gasteiger partial charge in [-0.15, -0.1) is 0 Å². The van der Waals surface area contributed by atoms with Gasteiger partial charge in [-0.05, 0) is 55.3 Å². The maximum Gasteiger partial charge on any atom is 0.255 e. The lowest BCUT2D eigenvalue weighted by atomic mass is 10.2. The van der Waals surface area contributed by atoms with E-state index in [0.717, 1.165) is 18.8 Å². The van der Waals surface area contributed by atoms with Gasteiger partial charge in [0.05, 0.1) is 7.11 Å². The molecule has 1 heterocycles. The minimum absolute atomic E-state index is 0.122. The van der Waals surface area contributed by atoms with E-state index in [1.54, 1.807) is 0 Å². The number of halogens is 1. The molecule has 4 nitrogen and oxygen atoms in total. The van der Waals surface area contributed by atoms with Gasteiger partial charge in [-0.3, -0.25) is 4.79 Å². The molecule has 0 saturated carbocycles. The fourth-order valence-electron chi connectivity index (χ4n) is 2.74. The Bertz CT molecular complexity index is 695. The van der Waals surface area contributed by atoms with Gasteiger partial charge >= 0.3 is 0 Å². The molecule has 1 saturated heterocycles. The molecule has 0 radical (unpaired) electrons. The Morgan fingerprint density at radius 3 is 2.43 bits per heavy atom. The van der Waals surface area contributed by atoms with Crippen molar-refractivity contribution >= 4 is 17.3 Å². The molecule has 0 atom stereocenters. The van der Waals surface area contributed by atoms with E-state index >= 15 is 0 Å². The van der Waals surface area contributed by atoms with Gasteiger partial charge in [0.15, 0.2) is 11.6 Å². The number of anilines is 2. The Morgan fingerprint density at radius 1 is 1.13 bits per heavy atom. The van der Waals surface area contributed by atoms with Gasteiger partial charge in [0.2, 0.25) is 0 Å². The van der Waals surface area contributed by atoms with Gasteiger partial charge in [0, 0.05) is 30.0 Å².